The molecule has 11 nitrogen and oxygen atoms in total. The quantitative estimate of drug-likeness (QED) is 0.224. The van der Waals surface area contributed by atoms with Gasteiger partial charge in [0.15, 0.2) is 0 Å². The van der Waals surface area contributed by atoms with Crippen molar-refractivity contribution in [1.82, 2.24) is 10.4 Å². The number of urea groups is 1. The smallest absolute Gasteiger partial charge is 0.481 e. The Morgan fingerprint density at radius 3 is 1.81 bits per heavy atom. The van der Waals surface area contributed by atoms with Crippen molar-refractivity contribution in [2.45, 2.75) is 58.7 Å². The number of nitrogens with two attached hydrogens (primary N) is 1. The summed E-state index contributed by atoms with van der Waals surface area (Å²) >= 11 is 0. The third-order valence-corrected chi connectivity index (χ3v) is 7.23. The lowest BCUT2D eigenvalue weighted by Gasteiger charge is -2.42. The van der Waals surface area contributed by atoms with Gasteiger partial charge in [-0.25, -0.2) is 4.79 Å². The summed E-state index contributed by atoms with van der Waals surface area (Å²) in [6, 6.07) is -2.34. The number of hydrogen-bond donors (Lipinski definition) is 4. The molecule has 0 saturated heterocycles. The maximum Gasteiger partial charge on any atom is 0.521 e. The molecule has 2 unspecified atom stereocenters. The highest BCUT2D eigenvalue weighted by atomic mass is 28.4. The normalized spacial score (nSPS) is 14.0. The number of hydrogen-bond acceptors (Lipinski definition) is 7. The molecule has 2 amide bonds. The number of carbonyl (C=O) groups excluding carboxylic acids is 1. The van der Waals surface area contributed by atoms with Crippen molar-refractivity contribution < 1.29 is 37.9 Å². The molecule has 5 N–H and O–H groups in total. The molecule has 2 atom stereocenters. The van der Waals surface area contributed by atoms with E-state index in [9.17, 15) is 19.5 Å². The van der Waals surface area contributed by atoms with Crippen LogP contribution in [0.3, 0.4) is 0 Å². The van der Waals surface area contributed by atoms with Gasteiger partial charge in [-0.15, -0.1) is 0 Å². The first-order chi connectivity index (χ1) is 12.7. The molecule has 158 valence electrons. The molecule has 0 aliphatic rings. The van der Waals surface area contributed by atoms with Gasteiger partial charge < -0.3 is 29.2 Å². The molecule has 0 bridgehead atoms. The van der Waals surface area contributed by atoms with E-state index >= 15 is 0 Å². The van der Waals surface area contributed by atoms with Gasteiger partial charge in [0, 0.05) is 26.2 Å². The number of nitrogens with one attached hydrogen (secondary N) is 1. The van der Waals surface area contributed by atoms with E-state index in [1.807, 2.05) is 0 Å². The number of nitrogens with zero attached hydrogens (tertiary/aromatic N) is 1. The first-order valence-corrected chi connectivity index (χ1v) is 10.7. The Labute approximate surface area is 160 Å². The van der Waals surface area contributed by atoms with Crippen LogP contribution >= 0.6 is 0 Å². The van der Waals surface area contributed by atoms with Crippen molar-refractivity contribution >= 4 is 26.8 Å². The lowest BCUT2D eigenvalue weighted by atomic mass is 10.1. The predicted octanol–water partition coefficient (Wildman–Crippen LogP) is 0.556. The number of rotatable bonds is 15. The minimum absolute atomic E-state index is 0.250. The van der Waals surface area contributed by atoms with E-state index in [0.29, 0.717) is 6.42 Å². The molecule has 0 spiro atoms. The molecule has 27 heavy (non-hydrogen) atoms. The lowest BCUT2D eigenvalue weighted by Crippen LogP contribution is -2.69. The molecule has 0 aliphatic carbocycles. The maximum absolute atomic E-state index is 11.8. The zero-order valence-electron chi connectivity index (χ0n) is 16.3. The molecule has 0 aromatic rings. The minimum atomic E-state index is -3.47. The lowest BCUT2D eigenvalue weighted by molar-refractivity contribution is -0.146. The molecular weight excluding hydrogens is 378 g/mol. The Kier molecular flexibility index (Phi) is 11.8. The summed E-state index contributed by atoms with van der Waals surface area (Å²) in [5.74, 6) is -2.47. The average Bonchev–Trinajstić information content (AvgIpc) is 2.55. The van der Waals surface area contributed by atoms with Crippen LogP contribution in [0, 0.1) is 0 Å². The molecule has 0 saturated carbocycles. The molecule has 12 heteroatoms. The Morgan fingerprint density at radius 2 is 1.52 bits per heavy atom. The van der Waals surface area contributed by atoms with E-state index in [-0.39, 0.29) is 26.2 Å². The summed E-state index contributed by atoms with van der Waals surface area (Å²) in [6.45, 7) is 7.75. The van der Waals surface area contributed by atoms with Crippen LogP contribution in [-0.4, -0.2) is 73.5 Å². The fraction of sp³-hybridized carbons (Fsp3) is 0.800. The number of hydrazine groups is 1. The minimum Gasteiger partial charge on any atom is -0.481 e. The van der Waals surface area contributed by atoms with E-state index in [2.05, 4.69) is 5.43 Å². The van der Waals surface area contributed by atoms with E-state index in [1.54, 1.807) is 27.7 Å². The van der Waals surface area contributed by atoms with Crippen LogP contribution in [0.1, 0.15) is 47.0 Å². The number of carboxylic acids is 2. The van der Waals surface area contributed by atoms with Crippen LogP contribution in [0.5, 0.6) is 0 Å². The van der Waals surface area contributed by atoms with Gasteiger partial charge >= 0.3 is 26.8 Å². The molecule has 0 aromatic carbocycles. The number of amides is 2. The highest BCUT2D eigenvalue weighted by Crippen LogP contribution is 2.25. The van der Waals surface area contributed by atoms with E-state index < -0.39 is 44.9 Å². The maximum atomic E-state index is 11.8. The Balaban J connectivity index is 6.12. The van der Waals surface area contributed by atoms with Crippen LogP contribution in [0.15, 0.2) is 0 Å². The summed E-state index contributed by atoms with van der Waals surface area (Å²) in [5.41, 5.74) is 6.77. The Morgan fingerprint density at radius 1 is 1.04 bits per heavy atom. The second kappa shape index (κ2) is 12.6. The predicted molar refractivity (Wildman–Crippen MR) is 97.6 cm³/mol. The summed E-state index contributed by atoms with van der Waals surface area (Å²) in [7, 11) is -3.47. The molecule has 0 aromatic heterocycles. The molecule has 0 fully saturated rings. The van der Waals surface area contributed by atoms with Crippen molar-refractivity contribution in [3.05, 3.63) is 0 Å². The molecular formula is C15H31N3O8Si. The van der Waals surface area contributed by atoms with Crippen molar-refractivity contribution in [2.24, 2.45) is 5.73 Å². The largest absolute Gasteiger partial charge is 0.521 e. The Hall–Kier alpha value is -1.73. The van der Waals surface area contributed by atoms with E-state index in [1.165, 1.54) is 0 Å². The monoisotopic (exact) mass is 409 g/mol. The van der Waals surface area contributed by atoms with Crippen LogP contribution in [-0.2, 0) is 22.9 Å². The van der Waals surface area contributed by atoms with Crippen molar-refractivity contribution in [3.63, 3.8) is 0 Å². The third-order valence-electron chi connectivity index (χ3n) is 3.66. The number of primary amides is 1. The highest BCUT2D eigenvalue weighted by Gasteiger charge is 2.54. The third kappa shape index (κ3) is 7.80. The summed E-state index contributed by atoms with van der Waals surface area (Å²) in [4.78, 5) is 34.3. The number of carbonyl (C=O) groups is 3. The van der Waals surface area contributed by atoms with Gasteiger partial charge in [0.05, 0.1) is 5.67 Å². The van der Waals surface area contributed by atoms with Gasteiger partial charge in [-0.3, -0.25) is 15.0 Å². The molecule has 0 heterocycles. The van der Waals surface area contributed by atoms with Gasteiger partial charge in [-0.05, 0) is 33.6 Å². The highest BCUT2D eigenvalue weighted by molar-refractivity contribution is 6.62. The zero-order valence-corrected chi connectivity index (χ0v) is 17.3. The summed E-state index contributed by atoms with van der Waals surface area (Å²) in [6.07, 6.45) is -0.351. The van der Waals surface area contributed by atoms with E-state index in [4.69, 9.17) is 24.1 Å². The fourth-order valence-electron chi connectivity index (χ4n) is 2.78. The summed E-state index contributed by atoms with van der Waals surface area (Å²) in [5, 5.41) is 19.7. The standard InChI is InChI=1S/C15H31N3O8Si/c1-5-12(27(24-6-2,25-7-3)26-8-4)18(17-15(16)23)11(14(21)22)9-10-13(19)20/h11-12H,5-10H2,1-4H3,(H,19,20)(H,21,22)(H3,16,17,23). The summed E-state index contributed by atoms with van der Waals surface area (Å²) < 4.78 is 17.5. The van der Waals surface area contributed by atoms with Gasteiger partial charge in [0.25, 0.3) is 0 Å². The van der Waals surface area contributed by atoms with Crippen molar-refractivity contribution in [3.8, 4) is 0 Å². The number of aliphatic carboxylic acids is 2. The van der Waals surface area contributed by atoms with Crippen LogP contribution < -0.4 is 11.2 Å². The SMILES string of the molecule is CCO[Si](OCC)(OCC)C(CC)N(NC(N)=O)C(CCC(=O)O)C(=O)O. The van der Waals surface area contributed by atoms with Crippen molar-refractivity contribution in [1.29, 1.82) is 0 Å². The first kappa shape index (κ1) is 25.3. The molecule has 0 radical (unpaired) electrons. The molecule has 0 rings (SSSR count). The van der Waals surface area contributed by atoms with Gasteiger partial charge in [-0.1, -0.05) is 6.92 Å². The number of carboxylic acid groups (broad SMARTS) is 2. The first-order valence-electron chi connectivity index (χ1n) is 8.89. The van der Waals surface area contributed by atoms with Gasteiger partial charge in [-0.2, -0.15) is 5.01 Å². The fourth-order valence-corrected chi connectivity index (χ4v) is 5.90. The Bertz CT molecular complexity index is 477. The average molecular weight is 410 g/mol. The second-order valence-corrected chi connectivity index (χ2v) is 8.24. The second-order valence-electron chi connectivity index (χ2n) is 5.50. The topological polar surface area (TPSA) is 161 Å². The van der Waals surface area contributed by atoms with Crippen LogP contribution in [0.2, 0.25) is 0 Å². The zero-order chi connectivity index (χ0) is 21.0. The van der Waals surface area contributed by atoms with Crippen LogP contribution in [0.4, 0.5) is 4.79 Å². The van der Waals surface area contributed by atoms with Gasteiger partial charge in [0.2, 0.25) is 0 Å². The van der Waals surface area contributed by atoms with Gasteiger partial charge in [0.1, 0.15) is 6.04 Å². The van der Waals surface area contributed by atoms with E-state index in [0.717, 1.165) is 5.01 Å². The van der Waals surface area contributed by atoms with Crippen LogP contribution in [0.25, 0.3) is 0 Å². The molecule has 0 aliphatic heterocycles. The van der Waals surface area contributed by atoms with Crippen molar-refractivity contribution in [2.75, 3.05) is 19.8 Å².